The van der Waals surface area contributed by atoms with Crippen LogP contribution in [0.3, 0.4) is 0 Å². The van der Waals surface area contributed by atoms with Crippen molar-refractivity contribution in [2.75, 3.05) is 33.7 Å². The highest BCUT2D eigenvalue weighted by molar-refractivity contribution is 5.86. The third-order valence-electron chi connectivity index (χ3n) is 5.38. The van der Waals surface area contributed by atoms with Gasteiger partial charge in [-0.3, -0.25) is 14.8 Å². The Morgan fingerprint density at radius 2 is 1.97 bits per heavy atom. The largest absolute Gasteiger partial charge is 0.356 e. The predicted molar refractivity (Wildman–Crippen MR) is 112 cm³/mol. The molecule has 3 rings (SSSR count). The molecule has 2 N–H and O–H groups in total. The number of hydrogen-bond acceptors (Lipinski definition) is 3. The molecule has 6 nitrogen and oxygen atoms in total. The van der Waals surface area contributed by atoms with Gasteiger partial charge in [-0.1, -0.05) is 24.3 Å². The Balaban J connectivity index is 1.44. The molecule has 0 atom stereocenters. The minimum absolute atomic E-state index is 0.0286. The van der Waals surface area contributed by atoms with Crippen LogP contribution in [-0.2, 0) is 16.6 Å². The molecule has 0 unspecified atom stereocenters. The van der Waals surface area contributed by atoms with Gasteiger partial charge in [0.25, 0.3) is 0 Å². The monoisotopic (exact) mass is 397 g/mol. The van der Waals surface area contributed by atoms with E-state index in [0.717, 1.165) is 24.1 Å². The number of nitrogens with zero attached hydrogens (tertiary/aromatic N) is 3. The first kappa shape index (κ1) is 20.8. The van der Waals surface area contributed by atoms with Crippen molar-refractivity contribution >= 4 is 11.9 Å². The lowest BCUT2D eigenvalue weighted by atomic mass is 9.95. The summed E-state index contributed by atoms with van der Waals surface area (Å²) in [5.41, 5.74) is 1.51. The van der Waals surface area contributed by atoms with Crippen molar-refractivity contribution in [1.82, 2.24) is 20.5 Å². The lowest BCUT2D eigenvalue weighted by molar-refractivity contribution is -0.128. The molecule has 0 saturated heterocycles. The molecule has 1 aliphatic carbocycles. The van der Waals surface area contributed by atoms with E-state index in [0.29, 0.717) is 25.5 Å². The molecule has 1 heterocycles. The van der Waals surface area contributed by atoms with E-state index in [1.807, 2.05) is 30.3 Å². The van der Waals surface area contributed by atoms with Gasteiger partial charge in [0.1, 0.15) is 5.82 Å². The molecule has 2 aromatic rings. The number of halogens is 1. The summed E-state index contributed by atoms with van der Waals surface area (Å²) in [6.45, 7) is 1.32. The lowest BCUT2D eigenvalue weighted by Crippen LogP contribution is -2.46. The number of hydrogen-bond donors (Lipinski definition) is 2. The minimum Gasteiger partial charge on any atom is -0.356 e. The summed E-state index contributed by atoms with van der Waals surface area (Å²) in [4.78, 5) is 22.5. The SMILES string of the molecule is CN=C(NCC(=O)N(C)CCc1ccccn1)NCC1(c2ccccc2F)CC1. The van der Waals surface area contributed by atoms with Gasteiger partial charge in [-0.15, -0.1) is 0 Å². The highest BCUT2D eigenvalue weighted by atomic mass is 19.1. The van der Waals surface area contributed by atoms with Gasteiger partial charge >= 0.3 is 0 Å². The first-order valence-electron chi connectivity index (χ1n) is 9.87. The number of aliphatic imine (C=N–C) groups is 1. The average molecular weight is 397 g/mol. The van der Waals surface area contributed by atoms with Crippen LogP contribution < -0.4 is 10.6 Å². The van der Waals surface area contributed by atoms with E-state index in [1.54, 1.807) is 31.3 Å². The Hall–Kier alpha value is -2.96. The van der Waals surface area contributed by atoms with Gasteiger partial charge in [-0.25, -0.2) is 4.39 Å². The quantitative estimate of drug-likeness (QED) is 0.529. The van der Waals surface area contributed by atoms with Gasteiger partial charge in [0.05, 0.1) is 6.54 Å². The lowest BCUT2D eigenvalue weighted by Gasteiger charge is -2.21. The van der Waals surface area contributed by atoms with Crippen molar-refractivity contribution in [1.29, 1.82) is 0 Å². The zero-order valence-corrected chi connectivity index (χ0v) is 17.0. The van der Waals surface area contributed by atoms with E-state index >= 15 is 0 Å². The summed E-state index contributed by atoms with van der Waals surface area (Å²) in [5, 5.41) is 6.29. The van der Waals surface area contributed by atoms with Crippen molar-refractivity contribution in [3.05, 3.63) is 65.7 Å². The second-order valence-corrected chi connectivity index (χ2v) is 7.43. The van der Waals surface area contributed by atoms with Crippen LogP contribution in [0.15, 0.2) is 53.7 Å². The maximum absolute atomic E-state index is 14.1. The van der Waals surface area contributed by atoms with Crippen LogP contribution in [0, 0.1) is 5.82 Å². The Labute approximate surface area is 171 Å². The number of pyridine rings is 1. The number of benzene rings is 1. The molecule has 1 fully saturated rings. The van der Waals surface area contributed by atoms with Gasteiger partial charge in [-0.2, -0.15) is 0 Å². The third kappa shape index (κ3) is 5.53. The maximum atomic E-state index is 14.1. The number of carbonyl (C=O) groups excluding carboxylic acids is 1. The van der Waals surface area contributed by atoms with E-state index in [2.05, 4.69) is 20.6 Å². The average Bonchev–Trinajstić information content (AvgIpc) is 3.53. The Morgan fingerprint density at radius 3 is 2.62 bits per heavy atom. The molecule has 0 spiro atoms. The minimum atomic E-state index is -0.188. The van der Waals surface area contributed by atoms with Crippen molar-refractivity contribution in [2.45, 2.75) is 24.7 Å². The van der Waals surface area contributed by atoms with Gasteiger partial charge in [0, 0.05) is 50.9 Å². The number of amides is 1. The van der Waals surface area contributed by atoms with Crippen molar-refractivity contribution in [2.24, 2.45) is 4.99 Å². The highest BCUT2D eigenvalue weighted by Crippen LogP contribution is 2.48. The van der Waals surface area contributed by atoms with Crippen LogP contribution in [-0.4, -0.2) is 55.5 Å². The summed E-state index contributed by atoms with van der Waals surface area (Å²) in [6.07, 6.45) is 4.34. The van der Waals surface area contributed by atoms with Gasteiger partial charge in [0.2, 0.25) is 5.91 Å². The molecule has 0 aliphatic heterocycles. The van der Waals surface area contributed by atoms with E-state index in [-0.39, 0.29) is 23.7 Å². The number of carbonyl (C=O) groups is 1. The number of likely N-dealkylation sites (N-methyl/N-ethyl adjacent to an activating group) is 1. The van der Waals surface area contributed by atoms with Crippen LogP contribution in [0.25, 0.3) is 0 Å². The van der Waals surface area contributed by atoms with E-state index in [1.165, 1.54) is 6.07 Å². The molecule has 0 radical (unpaired) electrons. The van der Waals surface area contributed by atoms with Crippen molar-refractivity contribution < 1.29 is 9.18 Å². The smallest absolute Gasteiger partial charge is 0.241 e. The summed E-state index contributed by atoms with van der Waals surface area (Å²) in [7, 11) is 3.44. The van der Waals surface area contributed by atoms with Crippen molar-refractivity contribution in [3.8, 4) is 0 Å². The Morgan fingerprint density at radius 1 is 1.21 bits per heavy atom. The summed E-state index contributed by atoms with van der Waals surface area (Å²) >= 11 is 0. The molecule has 1 aliphatic rings. The number of rotatable bonds is 8. The standard InChI is InChI=1S/C22H28FN5O/c1-24-21(27-16-22(11-12-22)18-8-3-4-9-19(18)23)26-15-20(29)28(2)14-10-17-7-5-6-13-25-17/h3-9,13H,10-12,14-16H2,1-2H3,(H2,24,26,27). The Bertz CT molecular complexity index is 851. The van der Waals surface area contributed by atoms with Crippen LogP contribution in [0.2, 0.25) is 0 Å². The van der Waals surface area contributed by atoms with Crippen LogP contribution >= 0.6 is 0 Å². The van der Waals surface area contributed by atoms with E-state index in [9.17, 15) is 9.18 Å². The normalized spacial score (nSPS) is 14.9. The zero-order valence-electron chi connectivity index (χ0n) is 17.0. The molecule has 29 heavy (non-hydrogen) atoms. The second-order valence-electron chi connectivity index (χ2n) is 7.43. The molecule has 1 aromatic heterocycles. The van der Waals surface area contributed by atoms with Gasteiger partial charge in [0.15, 0.2) is 5.96 Å². The molecule has 1 aromatic carbocycles. The first-order chi connectivity index (χ1) is 14.0. The van der Waals surface area contributed by atoms with Crippen LogP contribution in [0.4, 0.5) is 4.39 Å². The number of guanidine groups is 1. The molecule has 1 amide bonds. The summed E-state index contributed by atoms with van der Waals surface area (Å²) in [5.74, 6) is 0.345. The fourth-order valence-corrected chi connectivity index (χ4v) is 3.30. The summed E-state index contributed by atoms with van der Waals surface area (Å²) < 4.78 is 14.1. The highest BCUT2D eigenvalue weighted by Gasteiger charge is 2.45. The predicted octanol–water partition coefficient (Wildman–Crippen LogP) is 2.12. The Kier molecular flexibility index (Phi) is 6.80. The molecule has 7 heteroatoms. The molecule has 0 bridgehead atoms. The molecule has 154 valence electrons. The number of nitrogens with one attached hydrogen (secondary N) is 2. The second kappa shape index (κ2) is 9.49. The van der Waals surface area contributed by atoms with E-state index in [4.69, 9.17) is 0 Å². The topological polar surface area (TPSA) is 69.6 Å². The van der Waals surface area contributed by atoms with Crippen LogP contribution in [0.5, 0.6) is 0 Å². The zero-order chi connectivity index (χ0) is 20.7. The van der Waals surface area contributed by atoms with Gasteiger partial charge in [-0.05, 0) is 36.6 Å². The third-order valence-corrected chi connectivity index (χ3v) is 5.38. The first-order valence-corrected chi connectivity index (χ1v) is 9.87. The molecular formula is C22H28FN5O. The molecular weight excluding hydrogens is 369 g/mol. The van der Waals surface area contributed by atoms with Gasteiger partial charge < -0.3 is 15.5 Å². The molecule has 1 saturated carbocycles. The summed E-state index contributed by atoms with van der Waals surface area (Å²) in [6, 6.07) is 12.7. The van der Waals surface area contributed by atoms with Crippen LogP contribution in [0.1, 0.15) is 24.1 Å². The van der Waals surface area contributed by atoms with Crippen molar-refractivity contribution in [3.63, 3.8) is 0 Å². The maximum Gasteiger partial charge on any atom is 0.241 e. The fraction of sp³-hybridized carbons (Fsp3) is 0.409. The fourth-order valence-electron chi connectivity index (χ4n) is 3.30. The van der Waals surface area contributed by atoms with E-state index < -0.39 is 0 Å². The number of aromatic nitrogens is 1.